The fourth-order valence-corrected chi connectivity index (χ4v) is 4.24. The molecule has 0 bridgehead atoms. The Morgan fingerprint density at radius 2 is 1.90 bits per heavy atom. The predicted octanol–water partition coefficient (Wildman–Crippen LogP) is 2.19. The maximum Gasteiger partial charge on any atom is 0.246 e. The molecule has 2 heterocycles. The molecular weight excluding hydrogens is 416 g/mol. The number of fused-ring (bicyclic) bond motifs is 1. The Kier molecular flexibility index (Phi) is 5.59. The van der Waals surface area contributed by atoms with E-state index in [2.05, 4.69) is 6.07 Å². The molecule has 0 spiro atoms. The predicted molar refractivity (Wildman–Crippen MR) is 114 cm³/mol. The Labute approximate surface area is 181 Å². The first-order chi connectivity index (χ1) is 14.9. The number of aromatic nitrogens is 1. The van der Waals surface area contributed by atoms with Crippen LogP contribution in [0.4, 0.5) is 5.69 Å². The normalized spacial score (nSPS) is 16.2. The molecule has 1 aromatic heterocycles. The van der Waals surface area contributed by atoms with Crippen LogP contribution in [-0.2, 0) is 20.7 Å². The number of nitrogens with zero attached hydrogens (tertiary/aromatic N) is 4. The van der Waals surface area contributed by atoms with Crippen molar-refractivity contribution in [1.82, 2.24) is 9.47 Å². The van der Waals surface area contributed by atoms with Gasteiger partial charge in [0.15, 0.2) is 0 Å². The minimum absolute atomic E-state index is 0.0545. The first-order valence-corrected chi connectivity index (χ1v) is 10.8. The summed E-state index contributed by atoms with van der Waals surface area (Å²) in [6.07, 6.45) is 1.79. The van der Waals surface area contributed by atoms with E-state index in [1.54, 1.807) is 42.3 Å². The largest absolute Gasteiger partial charge is 0.768 e. The number of piperazine rings is 1. The smallest absolute Gasteiger partial charge is 0.246 e. The number of carbonyl (C=O) groups is 2. The molecule has 2 unspecified atom stereocenters. The highest BCUT2D eigenvalue weighted by Gasteiger charge is 2.31. The molecular formula is C22H19N4O4S-. The van der Waals surface area contributed by atoms with Gasteiger partial charge in [-0.1, -0.05) is 6.07 Å². The fourth-order valence-electron chi connectivity index (χ4n) is 3.88. The first kappa shape index (κ1) is 20.8. The second kappa shape index (κ2) is 8.34. The van der Waals surface area contributed by atoms with Crippen LogP contribution in [0.25, 0.3) is 10.9 Å². The van der Waals surface area contributed by atoms with E-state index in [4.69, 9.17) is 0 Å². The topological polar surface area (TPSA) is 109 Å². The lowest BCUT2D eigenvalue weighted by atomic mass is 10.1. The van der Waals surface area contributed by atoms with E-state index in [1.807, 2.05) is 16.7 Å². The van der Waals surface area contributed by atoms with Gasteiger partial charge in [-0.05, 0) is 60.5 Å². The fraction of sp³-hybridized carbons (Fsp3) is 0.227. The Morgan fingerprint density at radius 1 is 1.16 bits per heavy atom. The van der Waals surface area contributed by atoms with Crippen LogP contribution in [-0.4, -0.2) is 49.7 Å². The van der Waals surface area contributed by atoms with Gasteiger partial charge >= 0.3 is 0 Å². The lowest BCUT2D eigenvalue weighted by molar-refractivity contribution is -0.139. The summed E-state index contributed by atoms with van der Waals surface area (Å²) in [5.74, 6) is -0.406. The lowest BCUT2D eigenvalue weighted by Gasteiger charge is -2.35. The standard InChI is InChI=1S/C22H20N4O4S/c1-15(25-10-9-19-16(13-23)3-2-4-20(19)25)22(28)24-11-12-26(21(27)14-24)17-5-7-18(8-6-17)31(29)30/h2-10,15H,11-12,14H2,1H3,(H,29,30)/p-1. The summed E-state index contributed by atoms with van der Waals surface area (Å²) >= 11 is -2.32. The average Bonchev–Trinajstić information content (AvgIpc) is 3.22. The third-order valence-electron chi connectivity index (χ3n) is 5.53. The molecule has 3 aromatic rings. The Bertz CT molecular complexity index is 1230. The maximum atomic E-state index is 13.1. The monoisotopic (exact) mass is 435 g/mol. The molecule has 2 aromatic carbocycles. The molecule has 158 valence electrons. The highest BCUT2D eigenvalue weighted by Crippen LogP contribution is 2.25. The number of hydrogen-bond acceptors (Lipinski definition) is 5. The molecule has 1 saturated heterocycles. The van der Waals surface area contributed by atoms with E-state index in [0.717, 1.165) is 10.9 Å². The molecule has 0 radical (unpaired) electrons. The van der Waals surface area contributed by atoms with Crippen LogP contribution >= 0.6 is 0 Å². The minimum atomic E-state index is -2.32. The lowest BCUT2D eigenvalue weighted by Crippen LogP contribution is -2.53. The van der Waals surface area contributed by atoms with Crippen LogP contribution < -0.4 is 4.90 Å². The summed E-state index contributed by atoms with van der Waals surface area (Å²) < 4.78 is 23.8. The van der Waals surface area contributed by atoms with Crippen molar-refractivity contribution >= 4 is 39.5 Å². The molecule has 2 amide bonds. The van der Waals surface area contributed by atoms with Crippen molar-refractivity contribution in [1.29, 1.82) is 5.26 Å². The Balaban J connectivity index is 1.49. The number of hydrogen-bond donors (Lipinski definition) is 0. The maximum absolute atomic E-state index is 13.1. The van der Waals surface area contributed by atoms with E-state index in [9.17, 15) is 23.6 Å². The van der Waals surface area contributed by atoms with E-state index in [-0.39, 0.29) is 23.3 Å². The summed E-state index contributed by atoms with van der Waals surface area (Å²) in [6.45, 7) is 2.41. The second-order valence-electron chi connectivity index (χ2n) is 7.28. The molecule has 1 aliphatic heterocycles. The van der Waals surface area contributed by atoms with Crippen molar-refractivity contribution in [2.75, 3.05) is 24.5 Å². The van der Waals surface area contributed by atoms with Gasteiger partial charge in [0.05, 0.1) is 17.1 Å². The summed E-state index contributed by atoms with van der Waals surface area (Å²) in [7, 11) is 0. The van der Waals surface area contributed by atoms with Gasteiger partial charge in [0.2, 0.25) is 11.8 Å². The van der Waals surface area contributed by atoms with Crippen LogP contribution in [0.15, 0.2) is 59.6 Å². The highest BCUT2D eigenvalue weighted by atomic mass is 32.2. The molecule has 4 rings (SSSR count). The van der Waals surface area contributed by atoms with Gasteiger partial charge in [-0.15, -0.1) is 0 Å². The van der Waals surface area contributed by atoms with Gasteiger partial charge in [0, 0.05) is 35.3 Å². The first-order valence-electron chi connectivity index (χ1n) is 9.69. The van der Waals surface area contributed by atoms with Crippen molar-refractivity contribution in [3.63, 3.8) is 0 Å². The van der Waals surface area contributed by atoms with Crippen molar-refractivity contribution in [2.45, 2.75) is 17.9 Å². The van der Waals surface area contributed by atoms with Gasteiger partial charge in [0.1, 0.15) is 12.6 Å². The van der Waals surface area contributed by atoms with E-state index in [0.29, 0.717) is 24.3 Å². The van der Waals surface area contributed by atoms with E-state index < -0.39 is 17.1 Å². The summed E-state index contributed by atoms with van der Waals surface area (Å²) in [5, 5.41) is 10.1. The number of rotatable bonds is 4. The molecule has 2 atom stereocenters. The third kappa shape index (κ3) is 3.83. The van der Waals surface area contributed by atoms with Crippen LogP contribution in [0.3, 0.4) is 0 Å². The second-order valence-corrected chi connectivity index (χ2v) is 8.22. The van der Waals surface area contributed by atoms with Crippen LogP contribution in [0, 0.1) is 11.3 Å². The molecule has 1 fully saturated rings. The van der Waals surface area contributed by atoms with Crippen LogP contribution in [0.1, 0.15) is 18.5 Å². The van der Waals surface area contributed by atoms with Gasteiger partial charge in [0.25, 0.3) is 0 Å². The van der Waals surface area contributed by atoms with Crippen LogP contribution in [0.2, 0.25) is 0 Å². The van der Waals surface area contributed by atoms with Crippen molar-refractivity contribution in [3.8, 4) is 6.07 Å². The quantitative estimate of drug-likeness (QED) is 0.584. The Morgan fingerprint density at radius 3 is 2.55 bits per heavy atom. The van der Waals surface area contributed by atoms with Crippen LogP contribution in [0.5, 0.6) is 0 Å². The number of amides is 2. The zero-order valence-electron chi connectivity index (χ0n) is 16.7. The summed E-state index contributed by atoms with van der Waals surface area (Å²) in [5.41, 5.74) is 1.94. The third-order valence-corrected chi connectivity index (χ3v) is 6.19. The zero-order valence-corrected chi connectivity index (χ0v) is 17.5. The highest BCUT2D eigenvalue weighted by molar-refractivity contribution is 7.79. The van der Waals surface area contributed by atoms with Crippen molar-refractivity contribution in [3.05, 3.63) is 60.3 Å². The molecule has 9 heteroatoms. The Hall–Kier alpha value is -3.48. The van der Waals surface area contributed by atoms with E-state index in [1.165, 1.54) is 17.0 Å². The molecule has 31 heavy (non-hydrogen) atoms. The van der Waals surface area contributed by atoms with Crippen molar-refractivity contribution in [2.24, 2.45) is 0 Å². The molecule has 0 aliphatic carbocycles. The minimum Gasteiger partial charge on any atom is -0.768 e. The molecule has 0 saturated carbocycles. The molecule has 0 N–H and O–H groups in total. The van der Waals surface area contributed by atoms with E-state index >= 15 is 0 Å². The summed E-state index contributed by atoms with van der Waals surface area (Å²) in [4.78, 5) is 29.0. The van der Waals surface area contributed by atoms with Gasteiger partial charge in [-0.3, -0.25) is 13.8 Å². The zero-order chi connectivity index (χ0) is 22.1. The number of anilines is 1. The SMILES string of the molecule is CC(C(=O)N1CCN(c2ccc(S(=O)[O-])cc2)C(=O)C1)n1ccc2c(C#N)cccc21. The summed E-state index contributed by atoms with van der Waals surface area (Å²) in [6, 6.07) is 14.9. The van der Waals surface area contributed by atoms with Gasteiger partial charge < -0.3 is 18.9 Å². The van der Waals surface area contributed by atoms with Gasteiger partial charge in [-0.25, -0.2) is 0 Å². The molecule has 1 aliphatic rings. The number of carbonyl (C=O) groups excluding carboxylic acids is 2. The number of nitriles is 1. The number of benzene rings is 2. The van der Waals surface area contributed by atoms with Gasteiger partial charge in [-0.2, -0.15) is 5.26 Å². The molecule has 8 nitrogen and oxygen atoms in total. The van der Waals surface area contributed by atoms with Crippen molar-refractivity contribution < 1.29 is 18.4 Å². The average molecular weight is 435 g/mol.